The largest absolute Gasteiger partial charge is 0.324 e. The second-order valence-electron chi connectivity index (χ2n) is 4.46. The van der Waals surface area contributed by atoms with E-state index in [9.17, 15) is 0 Å². The van der Waals surface area contributed by atoms with Gasteiger partial charge in [0, 0.05) is 22.5 Å². The van der Waals surface area contributed by atoms with Crippen LogP contribution in [0.4, 0.5) is 0 Å². The summed E-state index contributed by atoms with van der Waals surface area (Å²) in [6.07, 6.45) is 4.22. The van der Waals surface area contributed by atoms with Crippen LogP contribution in [0.1, 0.15) is 30.4 Å². The van der Waals surface area contributed by atoms with Crippen LogP contribution in [-0.4, -0.2) is 19.7 Å². The van der Waals surface area contributed by atoms with E-state index >= 15 is 0 Å². The third-order valence-electron chi connectivity index (χ3n) is 2.97. The Morgan fingerprint density at radius 2 is 2.21 bits per heavy atom. The molecule has 0 unspecified atom stereocenters. The maximum absolute atomic E-state index is 5.70. The lowest BCUT2D eigenvalue weighted by atomic mass is 10.4. The average molecular weight is 340 g/mol. The SMILES string of the molecule is NCc1nnc(SCc2ccc(Br)cn2)n1C1CC1. The monoisotopic (exact) mass is 339 g/mol. The van der Waals surface area contributed by atoms with Crippen LogP contribution in [-0.2, 0) is 12.3 Å². The maximum Gasteiger partial charge on any atom is 0.191 e. The molecule has 0 saturated heterocycles. The van der Waals surface area contributed by atoms with E-state index in [1.807, 2.05) is 18.3 Å². The lowest BCUT2D eigenvalue weighted by Crippen LogP contribution is -2.08. The molecule has 0 aliphatic heterocycles. The highest BCUT2D eigenvalue weighted by Crippen LogP contribution is 2.39. The molecule has 0 amide bonds. The van der Waals surface area contributed by atoms with Gasteiger partial charge in [-0.1, -0.05) is 11.8 Å². The summed E-state index contributed by atoms with van der Waals surface area (Å²) in [6.45, 7) is 0.445. The first-order chi connectivity index (χ1) is 9.28. The number of hydrogen-bond donors (Lipinski definition) is 1. The van der Waals surface area contributed by atoms with Crippen molar-refractivity contribution in [3.05, 3.63) is 34.3 Å². The van der Waals surface area contributed by atoms with E-state index in [-0.39, 0.29) is 0 Å². The molecule has 3 rings (SSSR count). The van der Waals surface area contributed by atoms with Crippen molar-refractivity contribution in [1.82, 2.24) is 19.7 Å². The van der Waals surface area contributed by atoms with Crippen LogP contribution in [0.15, 0.2) is 28.0 Å². The minimum Gasteiger partial charge on any atom is -0.324 e. The number of thioether (sulfide) groups is 1. The topological polar surface area (TPSA) is 69.6 Å². The molecule has 0 spiro atoms. The average Bonchev–Trinajstić information content (AvgIpc) is 3.18. The summed E-state index contributed by atoms with van der Waals surface area (Å²) in [5.41, 5.74) is 6.74. The van der Waals surface area contributed by atoms with Gasteiger partial charge in [0.15, 0.2) is 5.16 Å². The predicted molar refractivity (Wildman–Crippen MR) is 77.7 cm³/mol. The first-order valence-electron chi connectivity index (χ1n) is 6.15. The Labute approximate surface area is 124 Å². The zero-order chi connectivity index (χ0) is 13.2. The second kappa shape index (κ2) is 5.60. The van der Waals surface area contributed by atoms with Crippen LogP contribution < -0.4 is 5.73 Å². The van der Waals surface area contributed by atoms with Gasteiger partial charge < -0.3 is 10.3 Å². The van der Waals surface area contributed by atoms with Crippen molar-refractivity contribution in [1.29, 1.82) is 0 Å². The number of pyridine rings is 1. The number of rotatable bonds is 5. The smallest absolute Gasteiger partial charge is 0.191 e. The summed E-state index contributed by atoms with van der Waals surface area (Å²) in [5.74, 6) is 1.68. The minimum absolute atomic E-state index is 0.445. The summed E-state index contributed by atoms with van der Waals surface area (Å²) in [6, 6.07) is 4.56. The van der Waals surface area contributed by atoms with Gasteiger partial charge in [-0.05, 0) is 40.9 Å². The van der Waals surface area contributed by atoms with E-state index in [4.69, 9.17) is 5.73 Å². The third kappa shape index (κ3) is 2.98. The Bertz CT molecular complexity index is 564. The van der Waals surface area contributed by atoms with E-state index in [0.717, 1.165) is 26.9 Å². The fraction of sp³-hybridized carbons (Fsp3) is 0.417. The molecule has 0 radical (unpaired) electrons. The molecule has 7 heteroatoms. The van der Waals surface area contributed by atoms with Gasteiger partial charge in [0.05, 0.1) is 12.2 Å². The van der Waals surface area contributed by atoms with Gasteiger partial charge >= 0.3 is 0 Å². The van der Waals surface area contributed by atoms with Crippen LogP contribution in [0.3, 0.4) is 0 Å². The van der Waals surface area contributed by atoms with Gasteiger partial charge in [-0.15, -0.1) is 10.2 Å². The van der Waals surface area contributed by atoms with Gasteiger partial charge in [0.2, 0.25) is 0 Å². The molecule has 1 aliphatic rings. The van der Waals surface area contributed by atoms with Crippen LogP contribution in [0.2, 0.25) is 0 Å². The van der Waals surface area contributed by atoms with E-state index in [2.05, 4.69) is 35.7 Å². The molecule has 0 bridgehead atoms. The minimum atomic E-state index is 0.445. The zero-order valence-electron chi connectivity index (χ0n) is 10.3. The number of aromatic nitrogens is 4. The lowest BCUT2D eigenvalue weighted by Gasteiger charge is -2.07. The van der Waals surface area contributed by atoms with Gasteiger partial charge in [-0.2, -0.15) is 0 Å². The van der Waals surface area contributed by atoms with Gasteiger partial charge in [-0.3, -0.25) is 4.98 Å². The van der Waals surface area contributed by atoms with Crippen molar-refractivity contribution >= 4 is 27.7 Å². The molecule has 2 heterocycles. The summed E-state index contributed by atoms with van der Waals surface area (Å²) < 4.78 is 3.18. The molecule has 19 heavy (non-hydrogen) atoms. The molecule has 2 N–H and O–H groups in total. The van der Waals surface area contributed by atoms with Gasteiger partial charge in [0.1, 0.15) is 5.82 Å². The normalized spacial score (nSPS) is 14.8. The molecule has 1 saturated carbocycles. The van der Waals surface area contributed by atoms with E-state index in [1.165, 1.54) is 12.8 Å². The quantitative estimate of drug-likeness (QED) is 0.847. The van der Waals surface area contributed by atoms with Crippen molar-refractivity contribution in [2.75, 3.05) is 0 Å². The third-order valence-corrected chi connectivity index (χ3v) is 4.41. The van der Waals surface area contributed by atoms with Crippen LogP contribution in [0.5, 0.6) is 0 Å². The number of halogens is 1. The molecule has 1 aliphatic carbocycles. The summed E-state index contributed by atoms with van der Waals surface area (Å²) >= 11 is 5.05. The fourth-order valence-electron chi connectivity index (χ4n) is 1.87. The highest BCUT2D eigenvalue weighted by Gasteiger charge is 2.29. The zero-order valence-corrected chi connectivity index (χ0v) is 12.7. The molecule has 0 aromatic carbocycles. The fourth-order valence-corrected chi connectivity index (χ4v) is 3.05. The summed E-state index contributed by atoms with van der Waals surface area (Å²) in [5, 5.41) is 9.35. The van der Waals surface area contributed by atoms with Crippen molar-refractivity contribution in [2.24, 2.45) is 5.73 Å². The Balaban J connectivity index is 1.73. The first kappa shape index (κ1) is 13.1. The Morgan fingerprint density at radius 1 is 1.37 bits per heavy atom. The van der Waals surface area contributed by atoms with Crippen molar-refractivity contribution in [2.45, 2.75) is 36.3 Å². The highest BCUT2D eigenvalue weighted by atomic mass is 79.9. The molecule has 5 nitrogen and oxygen atoms in total. The van der Waals surface area contributed by atoms with Crippen molar-refractivity contribution in [3.63, 3.8) is 0 Å². The molecular weight excluding hydrogens is 326 g/mol. The standard InChI is InChI=1S/C12H14BrN5S/c13-8-1-2-9(15-6-8)7-19-12-17-16-11(5-14)18(12)10-3-4-10/h1-2,6,10H,3-5,7,14H2. The molecule has 2 aromatic rings. The predicted octanol–water partition coefficient (Wildman–Crippen LogP) is 2.52. The first-order valence-corrected chi connectivity index (χ1v) is 7.93. The Morgan fingerprint density at radius 3 is 2.84 bits per heavy atom. The van der Waals surface area contributed by atoms with Crippen molar-refractivity contribution in [3.8, 4) is 0 Å². The van der Waals surface area contributed by atoms with Crippen molar-refractivity contribution < 1.29 is 0 Å². The van der Waals surface area contributed by atoms with Gasteiger partial charge in [0.25, 0.3) is 0 Å². The number of nitrogens with two attached hydrogens (primary N) is 1. The number of hydrogen-bond acceptors (Lipinski definition) is 5. The van der Waals surface area contributed by atoms with Crippen LogP contribution >= 0.6 is 27.7 Å². The van der Waals surface area contributed by atoms with E-state index in [1.54, 1.807) is 11.8 Å². The molecule has 100 valence electrons. The Kier molecular flexibility index (Phi) is 3.86. The van der Waals surface area contributed by atoms with Gasteiger partial charge in [-0.25, -0.2) is 0 Å². The molecule has 1 fully saturated rings. The number of nitrogens with zero attached hydrogens (tertiary/aromatic N) is 4. The van der Waals surface area contributed by atoms with Crippen LogP contribution in [0, 0.1) is 0 Å². The lowest BCUT2D eigenvalue weighted by molar-refractivity contribution is 0.626. The molecule has 2 aromatic heterocycles. The summed E-state index contributed by atoms with van der Waals surface area (Å²) in [4.78, 5) is 4.36. The Hall–Kier alpha value is -0.920. The molecule has 0 atom stereocenters. The second-order valence-corrected chi connectivity index (χ2v) is 6.32. The molecular formula is C12H14BrN5S. The van der Waals surface area contributed by atoms with E-state index in [0.29, 0.717) is 12.6 Å². The highest BCUT2D eigenvalue weighted by molar-refractivity contribution is 9.10. The maximum atomic E-state index is 5.70. The van der Waals surface area contributed by atoms with E-state index < -0.39 is 0 Å². The van der Waals surface area contributed by atoms with Crippen LogP contribution in [0.25, 0.3) is 0 Å². The summed E-state index contributed by atoms with van der Waals surface area (Å²) in [7, 11) is 0.